The third-order valence-corrected chi connectivity index (χ3v) is 8.94. The SMILES string of the molecule is CC[C@@H](C)NC(=O)[C@@H](C)N(Cc1cccc(Br)c1)C(=O)CN(c1ccc(C)cc1)S(=O)(=O)c1ccc(OC)cc1. The highest BCUT2D eigenvalue weighted by molar-refractivity contribution is 9.10. The van der Waals surface area contributed by atoms with E-state index in [1.807, 2.05) is 45.0 Å². The van der Waals surface area contributed by atoms with Crippen LogP contribution < -0.4 is 14.4 Å². The first-order chi connectivity index (χ1) is 19.0. The van der Waals surface area contributed by atoms with Gasteiger partial charge in [-0.05, 0) is 81.3 Å². The molecule has 0 bridgehead atoms. The fourth-order valence-electron chi connectivity index (χ4n) is 3.99. The number of amides is 2. The predicted octanol–water partition coefficient (Wildman–Crippen LogP) is 5.29. The molecule has 0 aromatic heterocycles. The van der Waals surface area contributed by atoms with Crippen LogP contribution in [0.3, 0.4) is 0 Å². The molecule has 0 aliphatic heterocycles. The monoisotopic (exact) mass is 629 g/mol. The lowest BCUT2D eigenvalue weighted by Gasteiger charge is -2.32. The van der Waals surface area contributed by atoms with Gasteiger partial charge in [-0.25, -0.2) is 8.42 Å². The van der Waals surface area contributed by atoms with Crippen molar-refractivity contribution in [3.05, 3.63) is 88.4 Å². The summed E-state index contributed by atoms with van der Waals surface area (Å²) < 4.78 is 34.9. The molecule has 0 saturated heterocycles. The van der Waals surface area contributed by atoms with E-state index < -0.39 is 28.5 Å². The topological polar surface area (TPSA) is 96.0 Å². The van der Waals surface area contributed by atoms with Crippen LogP contribution >= 0.6 is 15.9 Å². The van der Waals surface area contributed by atoms with Crippen LogP contribution in [0.15, 0.2) is 82.2 Å². The standard InChI is InChI=1S/C30H36BrN3O5S/c1-6-22(3)32-30(36)23(4)33(19-24-8-7-9-25(31)18-24)29(35)20-34(26-12-10-21(2)11-13-26)40(37,38)28-16-14-27(39-5)15-17-28/h7-18,22-23H,6,19-20H2,1-5H3,(H,32,36)/t22-,23-/m1/s1. The van der Waals surface area contributed by atoms with Crippen molar-refractivity contribution in [3.63, 3.8) is 0 Å². The number of carbonyl (C=O) groups is 2. The average Bonchev–Trinajstić information content (AvgIpc) is 2.94. The highest BCUT2D eigenvalue weighted by Gasteiger charge is 2.32. The molecule has 1 N–H and O–H groups in total. The van der Waals surface area contributed by atoms with Crippen LogP contribution in [0.2, 0.25) is 0 Å². The third-order valence-electron chi connectivity index (χ3n) is 6.66. The second-order valence-corrected chi connectivity index (χ2v) is 12.4. The van der Waals surface area contributed by atoms with Crippen LogP contribution in [-0.2, 0) is 26.2 Å². The third kappa shape index (κ3) is 7.85. The Morgan fingerprint density at radius 2 is 1.65 bits per heavy atom. The predicted molar refractivity (Wildman–Crippen MR) is 161 cm³/mol. The fourth-order valence-corrected chi connectivity index (χ4v) is 5.86. The number of benzene rings is 3. The van der Waals surface area contributed by atoms with Crippen molar-refractivity contribution in [3.8, 4) is 5.75 Å². The largest absolute Gasteiger partial charge is 0.497 e. The summed E-state index contributed by atoms with van der Waals surface area (Å²) in [6, 6.07) is 19.4. The van der Waals surface area contributed by atoms with Gasteiger partial charge in [0.15, 0.2) is 0 Å². The molecular weight excluding hydrogens is 594 g/mol. The quantitative estimate of drug-likeness (QED) is 0.294. The van der Waals surface area contributed by atoms with Crippen LogP contribution in [0.1, 0.15) is 38.3 Å². The van der Waals surface area contributed by atoms with E-state index in [0.717, 1.165) is 26.3 Å². The smallest absolute Gasteiger partial charge is 0.264 e. The minimum Gasteiger partial charge on any atom is -0.497 e. The number of rotatable bonds is 12. The molecule has 0 unspecified atom stereocenters. The van der Waals surface area contributed by atoms with Crippen LogP contribution in [0.5, 0.6) is 5.75 Å². The molecule has 0 aliphatic carbocycles. The number of aryl methyl sites for hydroxylation is 1. The number of halogens is 1. The molecule has 0 spiro atoms. The van der Waals surface area contributed by atoms with E-state index in [1.54, 1.807) is 43.3 Å². The number of hydrogen-bond donors (Lipinski definition) is 1. The van der Waals surface area contributed by atoms with Gasteiger partial charge in [-0.1, -0.05) is 52.7 Å². The van der Waals surface area contributed by atoms with Gasteiger partial charge in [0.05, 0.1) is 17.7 Å². The summed E-state index contributed by atoms with van der Waals surface area (Å²) >= 11 is 3.46. The van der Waals surface area contributed by atoms with E-state index in [-0.39, 0.29) is 23.4 Å². The lowest BCUT2D eigenvalue weighted by Crippen LogP contribution is -2.52. The first kappa shape index (κ1) is 31.2. The molecule has 3 aromatic rings. The van der Waals surface area contributed by atoms with Crippen molar-refractivity contribution < 1.29 is 22.7 Å². The first-order valence-electron chi connectivity index (χ1n) is 13.0. The molecule has 2 atom stereocenters. The molecule has 0 saturated carbocycles. The number of sulfonamides is 1. The van der Waals surface area contributed by atoms with E-state index in [0.29, 0.717) is 11.4 Å². The van der Waals surface area contributed by atoms with Gasteiger partial charge < -0.3 is 15.0 Å². The van der Waals surface area contributed by atoms with Gasteiger partial charge in [-0.3, -0.25) is 13.9 Å². The highest BCUT2D eigenvalue weighted by Crippen LogP contribution is 2.26. The zero-order chi connectivity index (χ0) is 29.4. The Morgan fingerprint density at radius 3 is 2.23 bits per heavy atom. The summed E-state index contributed by atoms with van der Waals surface area (Å²) in [5.41, 5.74) is 2.09. The van der Waals surface area contributed by atoms with Gasteiger partial charge in [0.1, 0.15) is 18.3 Å². The second kappa shape index (κ2) is 13.8. The number of methoxy groups -OCH3 is 1. The van der Waals surface area contributed by atoms with Crippen molar-refractivity contribution in [1.29, 1.82) is 0 Å². The normalized spacial score (nSPS) is 12.8. The van der Waals surface area contributed by atoms with Crippen molar-refractivity contribution in [2.75, 3.05) is 18.0 Å². The fraction of sp³-hybridized carbons (Fsp3) is 0.333. The molecule has 0 aliphatic rings. The molecular formula is C30H36BrN3O5S. The Kier molecular flexibility index (Phi) is 10.8. The minimum atomic E-state index is -4.15. The molecule has 0 heterocycles. The van der Waals surface area contributed by atoms with Crippen molar-refractivity contribution in [1.82, 2.24) is 10.2 Å². The zero-order valence-electron chi connectivity index (χ0n) is 23.4. The molecule has 8 nitrogen and oxygen atoms in total. The molecule has 3 rings (SSSR count). The molecule has 214 valence electrons. The Morgan fingerprint density at radius 1 is 1.00 bits per heavy atom. The van der Waals surface area contributed by atoms with Crippen molar-refractivity contribution >= 4 is 43.5 Å². The maximum atomic E-state index is 14.0. The minimum absolute atomic E-state index is 0.0165. The summed E-state index contributed by atoms with van der Waals surface area (Å²) in [6.07, 6.45) is 0.735. The van der Waals surface area contributed by atoms with E-state index in [1.165, 1.54) is 24.1 Å². The summed E-state index contributed by atoms with van der Waals surface area (Å²) in [6.45, 7) is 7.04. The number of nitrogens with zero attached hydrogens (tertiary/aromatic N) is 2. The van der Waals surface area contributed by atoms with E-state index in [9.17, 15) is 18.0 Å². The van der Waals surface area contributed by atoms with Crippen LogP contribution in [-0.4, -0.2) is 50.9 Å². The number of hydrogen-bond acceptors (Lipinski definition) is 5. The highest BCUT2D eigenvalue weighted by atomic mass is 79.9. The van der Waals surface area contributed by atoms with Crippen LogP contribution in [0, 0.1) is 6.92 Å². The van der Waals surface area contributed by atoms with Crippen molar-refractivity contribution in [2.24, 2.45) is 0 Å². The van der Waals surface area contributed by atoms with E-state index in [4.69, 9.17) is 4.74 Å². The molecule has 0 fully saturated rings. The second-order valence-electron chi connectivity index (χ2n) is 9.67. The van der Waals surface area contributed by atoms with Gasteiger partial charge in [0.2, 0.25) is 11.8 Å². The molecule has 2 amide bonds. The lowest BCUT2D eigenvalue weighted by atomic mass is 10.1. The van der Waals surface area contributed by atoms with Crippen molar-refractivity contribution in [2.45, 2.75) is 57.6 Å². The lowest BCUT2D eigenvalue weighted by molar-refractivity contribution is -0.139. The van der Waals surface area contributed by atoms with Gasteiger partial charge in [-0.2, -0.15) is 0 Å². The van der Waals surface area contributed by atoms with Gasteiger partial charge in [-0.15, -0.1) is 0 Å². The summed E-state index contributed by atoms with van der Waals surface area (Å²) in [5.74, 6) is -0.305. The number of carbonyl (C=O) groups excluding carboxylic acids is 2. The number of anilines is 1. The van der Waals surface area contributed by atoms with E-state index >= 15 is 0 Å². The molecule has 10 heteroatoms. The first-order valence-corrected chi connectivity index (χ1v) is 15.3. The summed E-state index contributed by atoms with van der Waals surface area (Å²) in [4.78, 5) is 28.5. The maximum absolute atomic E-state index is 14.0. The summed E-state index contributed by atoms with van der Waals surface area (Å²) in [7, 11) is -2.65. The van der Waals surface area contributed by atoms with Gasteiger partial charge in [0.25, 0.3) is 10.0 Å². The van der Waals surface area contributed by atoms with Crippen LogP contribution in [0.4, 0.5) is 5.69 Å². The van der Waals surface area contributed by atoms with Gasteiger partial charge >= 0.3 is 0 Å². The van der Waals surface area contributed by atoms with Gasteiger partial charge in [0, 0.05) is 17.1 Å². The Balaban J connectivity index is 2.02. The van der Waals surface area contributed by atoms with E-state index in [2.05, 4.69) is 21.2 Å². The Hall–Kier alpha value is -3.37. The zero-order valence-corrected chi connectivity index (χ0v) is 25.8. The summed E-state index contributed by atoms with van der Waals surface area (Å²) in [5, 5.41) is 2.93. The molecule has 0 radical (unpaired) electrons. The number of ether oxygens (including phenoxy) is 1. The van der Waals surface area contributed by atoms with Crippen LogP contribution in [0.25, 0.3) is 0 Å². The average molecular weight is 631 g/mol. The number of nitrogens with one attached hydrogen (secondary N) is 1. The molecule has 3 aromatic carbocycles. The molecule has 40 heavy (non-hydrogen) atoms. The Labute approximate surface area is 245 Å². The Bertz CT molecular complexity index is 1410. The maximum Gasteiger partial charge on any atom is 0.264 e.